The molecule has 0 aliphatic heterocycles. The first kappa shape index (κ1) is 14.9. The van der Waals surface area contributed by atoms with E-state index in [0.29, 0.717) is 6.54 Å². The summed E-state index contributed by atoms with van der Waals surface area (Å²) in [6.07, 6.45) is 1.02. The van der Waals surface area contributed by atoms with Gasteiger partial charge in [-0.05, 0) is 23.8 Å². The summed E-state index contributed by atoms with van der Waals surface area (Å²) in [7, 11) is -3.15. The van der Waals surface area contributed by atoms with E-state index in [4.69, 9.17) is 0 Å². The van der Waals surface area contributed by atoms with Crippen molar-refractivity contribution in [2.45, 2.75) is 47.1 Å². The molecular formula is C12H26N2O2S. The van der Waals surface area contributed by atoms with Gasteiger partial charge in [0.2, 0.25) is 10.0 Å². The second-order valence-electron chi connectivity index (χ2n) is 6.06. The van der Waals surface area contributed by atoms with Gasteiger partial charge in [0.25, 0.3) is 0 Å². The summed E-state index contributed by atoms with van der Waals surface area (Å²) in [6.45, 7) is 11.9. The van der Waals surface area contributed by atoms with Crippen LogP contribution in [0.4, 0.5) is 0 Å². The Labute approximate surface area is 106 Å². The smallest absolute Gasteiger partial charge is 0.213 e. The van der Waals surface area contributed by atoms with Crippen molar-refractivity contribution >= 4 is 10.0 Å². The van der Waals surface area contributed by atoms with E-state index in [9.17, 15) is 8.42 Å². The molecule has 0 heterocycles. The van der Waals surface area contributed by atoms with E-state index >= 15 is 0 Å². The summed E-state index contributed by atoms with van der Waals surface area (Å²) in [6, 6.07) is 0.0613. The maximum Gasteiger partial charge on any atom is 0.213 e. The third-order valence-corrected chi connectivity index (χ3v) is 5.63. The fourth-order valence-electron chi connectivity index (χ4n) is 2.24. The Kier molecular flexibility index (Phi) is 4.27. The zero-order valence-corrected chi connectivity index (χ0v) is 12.4. The quantitative estimate of drug-likeness (QED) is 0.681. The van der Waals surface area contributed by atoms with Gasteiger partial charge in [0.15, 0.2) is 0 Å². The van der Waals surface area contributed by atoms with E-state index in [1.807, 2.05) is 0 Å². The van der Waals surface area contributed by atoms with Crippen LogP contribution < -0.4 is 10.0 Å². The standard InChI is InChI=1S/C12H26N2O2S/c1-6-7-13-8-9-17(15,16)14-10-11(2,3)12(10,4)5/h10,13-14H,6-9H2,1-5H3. The van der Waals surface area contributed by atoms with Gasteiger partial charge in [0, 0.05) is 12.6 Å². The molecule has 1 aliphatic rings. The van der Waals surface area contributed by atoms with E-state index in [2.05, 4.69) is 44.7 Å². The first-order valence-electron chi connectivity index (χ1n) is 6.36. The first-order valence-corrected chi connectivity index (χ1v) is 8.01. The summed E-state index contributed by atoms with van der Waals surface area (Å²) >= 11 is 0. The monoisotopic (exact) mass is 262 g/mol. The van der Waals surface area contributed by atoms with Crippen molar-refractivity contribution in [1.82, 2.24) is 10.0 Å². The lowest BCUT2D eigenvalue weighted by Gasteiger charge is -2.08. The minimum absolute atomic E-state index is 0.0525. The van der Waals surface area contributed by atoms with Crippen molar-refractivity contribution in [3.8, 4) is 0 Å². The van der Waals surface area contributed by atoms with E-state index < -0.39 is 10.0 Å². The second-order valence-corrected chi connectivity index (χ2v) is 7.94. The Hall–Kier alpha value is -0.130. The van der Waals surface area contributed by atoms with E-state index in [1.165, 1.54) is 0 Å². The fourth-order valence-corrected chi connectivity index (χ4v) is 3.72. The largest absolute Gasteiger partial charge is 0.316 e. The molecule has 5 heteroatoms. The van der Waals surface area contributed by atoms with Crippen LogP contribution >= 0.6 is 0 Å². The highest BCUT2D eigenvalue weighted by atomic mass is 32.2. The van der Waals surface area contributed by atoms with Crippen molar-refractivity contribution < 1.29 is 8.42 Å². The zero-order valence-electron chi connectivity index (χ0n) is 11.6. The van der Waals surface area contributed by atoms with Gasteiger partial charge in [-0.2, -0.15) is 0 Å². The SMILES string of the molecule is CCCNCCS(=O)(=O)NC1C(C)(C)C1(C)C. The molecule has 102 valence electrons. The molecule has 1 saturated carbocycles. The number of rotatable bonds is 7. The maximum atomic E-state index is 11.9. The van der Waals surface area contributed by atoms with Crippen LogP contribution in [0.2, 0.25) is 0 Å². The minimum Gasteiger partial charge on any atom is -0.316 e. The van der Waals surface area contributed by atoms with Crippen LogP contribution in [0.15, 0.2) is 0 Å². The Balaban J connectivity index is 2.42. The van der Waals surface area contributed by atoms with E-state index in [1.54, 1.807) is 0 Å². The average molecular weight is 262 g/mol. The molecule has 17 heavy (non-hydrogen) atoms. The van der Waals surface area contributed by atoms with Crippen LogP contribution in [0.25, 0.3) is 0 Å². The molecule has 0 aromatic rings. The highest BCUT2D eigenvalue weighted by Gasteiger charge is 2.65. The number of sulfonamides is 1. The van der Waals surface area contributed by atoms with Crippen molar-refractivity contribution in [2.24, 2.45) is 10.8 Å². The predicted octanol–water partition coefficient (Wildman–Crippen LogP) is 1.34. The lowest BCUT2D eigenvalue weighted by atomic mass is 10.0. The first-order chi connectivity index (χ1) is 7.65. The second kappa shape index (κ2) is 4.86. The Bertz CT molecular complexity index is 347. The molecule has 0 amide bonds. The summed E-state index contributed by atoms with van der Waals surface area (Å²) in [5, 5.41) is 3.11. The fraction of sp³-hybridized carbons (Fsp3) is 1.00. The summed E-state index contributed by atoms with van der Waals surface area (Å²) in [5.74, 6) is 0.162. The molecule has 0 bridgehead atoms. The molecule has 4 nitrogen and oxygen atoms in total. The molecule has 0 saturated heterocycles. The van der Waals surface area contributed by atoms with Crippen molar-refractivity contribution in [1.29, 1.82) is 0 Å². The van der Waals surface area contributed by atoms with E-state index in [0.717, 1.165) is 13.0 Å². The van der Waals surface area contributed by atoms with E-state index in [-0.39, 0.29) is 22.6 Å². The minimum atomic E-state index is -3.15. The van der Waals surface area contributed by atoms with Crippen LogP contribution in [0.5, 0.6) is 0 Å². The zero-order chi connectivity index (χ0) is 13.3. The molecule has 0 aromatic carbocycles. The Morgan fingerprint density at radius 1 is 1.06 bits per heavy atom. The average Bonchev–Trinajstić information content (AvgIpc) is 2.55. The van der Waals surface area contributed by atoms with Gasteiger partial charge in [0.05, 0.1) is 5.75 Å². The number of nitrogens with one attached hydrogen (secondary N) is 2. The lowest BCUT2D eigenvalue weighted by Crippen LogP contribution is -2.35. The topological polar surface area (TPSA) is 58.2 Å². The molecule has 1 aliphatic carbocycles. The van der Waals surface area contributed by atoms with Crippen molar-refractivity contribution in [3.63, 3.8) is 0 Å². The highest BCUT2D eigenvalue weighted by molar-refractivity contribution is 7.89. The molecule has 0 radical (unpaired) electrons. The summed E-state index contributed by atoms with van der Waals surface area (Å²) in [4.78, 5) is 0. The maximum absolute atomic E-state index is 11.9. The number of hydrogen-bond acceptors (Lipinski definition) is 3. The van der Waals surface area contributed by atoms with Gasteiger partial charge in [-0.1, -0.05) is 34.6 Å². The van der Waals surface area contributed by atoms with Crippen molar-refractivity contribution in [3.05, 3.63) is 0 Å². The molecule has 0 unspecified atom stereocenters. The van der Waals surface area contributed by atoms with Crippen LogP contribution in [-0.2, 0) is 10.0 Å². The van der Waals surface area contributed by atoms with Gasteiger partial charge in [0.1, 0.15) is 0 Å². The lowest BCUT2D eigenvalue weighted by molar-refractivity contribution is 0.457. The molecule has 0 atom stereocenters. The molecule has 2 N–H and O–H groups in total. The normalized spacial score (nSPS) is 22.6. The van der Waals surface area contributed by atoms with Gasteiger partial charge in [-0.25, -0.2) is 13.1 Å². The highest BCUT2D eigenvalue weighted by Crippen LogP contribution is 2.62. The van der Waals surface area contributed by atoms with Gasteiger partial charge in [-0.15, -0.1) is 0 Å². The summed E-state index contributed by atoms with van der Waals surface area (Å²) in [5.41, 5.74) is 0.105. The summed E-state index contributed by atoms with van der Waals surface area (Å²) < 4.78 is 26.6. The molecule has 0 spiro atoms. The number of hydrogen-bond donors (Lipinski definition) is 2. The van der Waals surface area contributed by atoms with Crippen LogP contribution in [0.3, 0.4) is 0 Å². The molecule has 1 rings (SSSR count). The van der Waals surface area contributed by atoms with Gasteiger partial charge < -0.3 is 5.32 Å². The predicted molar refractivity (Wildman–Crippen MR) is 71.4 cm³/mol. The van der Waals surface area contributed by atoms with Gasteiger partial charge in [-0.3, -0.25) is 0 Å². The molecule has 1 fully saturated rings. The Morgan fingerprint density at radius 2 is 1.59 bits per heavy atom. The third kappa shape index (κ3) is 3.20. The Morgan fingerprint density at radius 3 is 2.00 bits per heavy atom. The van der Waals surface area contributed by atoms with Crippen molar-refractivity contribution in [2.75, 3.05) is 18.8 Å². The van der Waals surface area contributed by atoms with Crippen LogP contribution in [0.1, 0.15) is 41.0 Å². The third-order valence-electron chi connectivity index (χ3n) is 4.29. The molecule has 0 aromatic heterocycles. The molecular weight excluding hydrogens is 236 g/mol. The van der Waals surface area contributed by atoms with Gasteiger partial charge >= 0.3 is 0 Å². The van der Waals surface area contributed by atoms with Crippen LogP contribution in [-0.4, -0.2) is 33.3 Å². The van der Waals surface area contributed by atoms with Crippen LogP contribution in [0, 0.1) is 10.8 Å².